The van der Waals surface area contributed by atoms with E-state index in [1.807, 2.05) is 30.3 Å². The molecular weight excluding hydrogens is 465 g/mol. The highest BCUT2D eigenvalue weighted by Gasteiger charge is 2.23. The number of nitrogens with one attached hydrogen (secondary N) is 1. The first kappa shape index (κ1) is 23.5. The highest BCUT2D eigenvalue weighted by molar-refractivity contribution is 5.99. The molecule has 0 spiro atoms. The van der Waals surface area contributed by atoms with Crippen LogP contribution in [0.5, 0.6) is 0 Å². The number of nitrogens with zero attached hydrogens (tertiary/aromatic N) is 6. The molecule has 184 valence electrons. The number of rotatable bonds is 8. The number of halogens is 1. The molecule has 1 unspecified atom stereocenters. The number of aromatic nitrogens is 5. The van der Waals surface area contributed by atoms with Crippen molar-refractivity contribution in [3.8, 4) is 11.4 Å². The van der Waals surface area contributed by atoms with Gasteiger partial charge in [0.05, 0.1) is 23.5 Å². The molecule has 1 saturated heterocycles. The monoisotopic (exact) mass is 489 g/mol. The normalized spacial score (nSPS) is 15.2. The number of pyridine rings is 1. The second-order valence-corrected chi connectivity index (χ2v) is 8.46. The largest absolute Gasteiger partial charge is 0.376 e. The summed E-state index contributed by atoms with van der Waals surface area (Å²) in [6, 6.07) is 15.0. The van der Waals surface area contributed by atoms with Gasteiger partial charge in [0.2, 0.25) is 11.7 Å². The molecule has 2 aromatic heterocycles. The molecule has 1 fully saturated rings. The van der Waals surface area contributed by atoms with Crippen molar-refractivity contribution in [2.45, 2.75) is 25.5 Å². The van der Waals surface area contributed by atoms with Crippen molar-refractivity contribution in [1.82, 2.24) is 30.5 Å². The SMILES string of the molecule is O=C(CN(C(=O)Cn1nnc(-c2ccc(F)cc2)n1)c1cnc2ccccc2c1)NCC1CCCO1. The van der Waals surface area contributed by atoms with E-state index >= 15 is 0 Å². The van der Waals surface area contributed by atoms with E-state index in [4.69, 9.17) is 4.74 Å². The summed E-state index contributed by atoms with van der Waals surface area (Å²) in [5.41, 5.74) is 1.82. The summed E-state index contributed by atoms with van der Waals surface area (Å²) >= 11 is 0. The van der Waals surface area contributed by atoms with E-state index in [9.17, 15) is 14.0 Å². The summed E-state index contributed by atoms with van der Waals surface area (Å²) in [7, 11) is 0. The molecule has 0 radical (unpaired) electrons. The van der Waals surface area contributed by atoms with E-state index in [0.29, 0.717) is 24.4 Å². The van der Waals surface area contributed by atoms with Crippen LogP contribution in [0.25, 0.3) is 22.3 Å². The third-order valence-electron chi connectivity index (χ3n) is 5.87. The van der Waals surface area contributed by atoms with Crippen LogP contribution < -0.4 is 10.2 Å². The van der Waals surface area contributed by atoms with E-state index in [1.165, 1.54) is 29.2 Å². The smallest absolute Gasteiger partial charge is 0.251 e. The Hall–Kier alpha value is -4.25. The number of para-hydroxylation sites is 1. The van der Waals surface area contributed by atoms with Gasteiger partial charge in [0.1, 0.15) is 18.9 Å². The van der Waals surface area contributed by atoms with Gasteiger partial charge in [-0.05, 0) is 54.5 Å². The Balaban J connectivity index is 1.34. The Bertz CT molecular complexity index is 1370. The van der Waals surface area contributed by atoms with Crippen LogP contribution >= 0.6 is 0 Å². The van der Waals surface area contributed by atoms with Crippen molar-refractivity contribution in [2.75, 3.05) is 24.6 Å². The number of hydrogen-bond donors (Lipinski definition) is 1. The number of hydrogen-bond acceptors (Lipinski definition) is 7. The number of anilines is 1. The minimum Gasteiger partial charge on any atom is -0.376 e. The number of fused-ring (bicyclic) bond motifs is 1. The Morgan fingerprint density at radius 2 is 2.00 bits per heavy atom. The van der Waals surface area contributed by atoms with Crippen molar-refractivity contribution in [3.05, 3.63) is 66.6 Å². The maximum absolute atomic E-state index is 13.4. The quantitative estimate of drug-likeness (QED) is 0.404. The summed E-state index contributed by atoms with van der Waals surface area (Å²) in [5, 5.41) is 15.8. The van der Waals surface area contributed by atoms with Crippen LogP contribution in [0.15, 0.2) is 60.8 Å². The summed E-state index contributed by atoms with van der Waals surface area (Å²) in [4.78, 5) is 33.0. The van der Waals surface area contributed by atoms with Gasteiger partial charge < -0.3 is 10.1 Å². The lowest BCUT2D eigenvalue weighted by Crippen LogP contribution is -2.44. The van der Waals surface area contributed by atoms with Crippen molar-refractivity contribution < 1.29 is 18.7 Å². The van der Waals surface area contributed by atoms with Crippen molar-refractivity contribution in [1.29, 1.82) is 0 Å². The molecule has 36 heavy (non-hydrogen) atoms. The van der Waals surface area contributed by atoms with Gasteiger partial charge >= 0.3 is 0 Å². The van der Waals surface area contributed by atoms with Crippen molar-refractivity contribution in [2.24, 2.45) is 0 Å². The second kappa shape index (κ2) is 10.6. The molecule has 10 nitrogen and oxygen atoms in total. The molecule has 1 N–H and O–H groups in total. The lowest BCUT2D eigenvalue weighted by atomic mass is 10.2. The Morgan fingerprint density at radius 1 is 1.17 bits per heavy atom. The molecule has 2 amide bonds. The van der Waals surface area contributed by atoms with Crippen LogP contribution in [0.3, 0.4) is 0 Å². The molecule has 1 aliphatic heterocycles. The lowest BCUT2D eigenvalue weighted by molar-refractivity contribution is -0.124. The third-order valence-corrected chi connectivity index (χ3v) is 5.87. The van der Waals surface area contributed by atoms with Crippen molar-refractivity contribution >= 4 is 28.4 Å². The van der Waals surface area contributed by atoms with Crippen LogP contribution in [-0.2, 0) is 20.9 Å². The third kappa shape index (κ3) is 5.52. The van der Waals surface area contributed by atoms with Gasteiger partial charge in [0, 0.05) is 24.1 Å². The molecule has 2 aromatic carbocycles. The van der Waals surface area contributed by atoms with Gasteiger partial charge in [-0.1, -0.05) is 18.2 Å². The standard InChI is InChI=1S/C25H24FN7O3/c26-19-9-7-17(8-10-19)25-29-31-33(30-25)16-24(35)32(15-23(34)28-14-21-5-3-11-36-21)20-12-18-4-1-2-6-22(18)27-13-20/h1-2,4,6-10,12-13,21H,3,5,11,14-16H2,(H,28,34). The molecule has 0 saturated carbocycles. The molecule has 1 aliphatic rings. The van der Waals surface area contributed by atoms with Crippen molar-refractivity contribution in [3.63, 3.8) is 0 Å². The predicted octanol–water partition coefficient (Wildman–Crippen LogP) is 2.36. The number of carbonyl (C=O) groups is 2. The van der Waals surface area contributed by atoms with E-state index in [1.54, 1.807) is 6.20 Å². The van der Waals surface area contributed by atoms with E-state index in [-0.39, 0.29) is 36.7 Å². The first-order valence-electron chi connectivity index (χ1n) is 11.6. The van der Waals surface area contributed by atoms with Crippen LogP contribution in [0.4, 0.5) is 10.1 Å². The Labute approximate surface area is 206 Å². The maximum atomic E-state index is 13.4. The van der Waals surface area contributed by atoms with Gasteiger partial charge in [0.25, 0.3) is 5.91 Å². The minimum atomic E-state index is -0.414. The second-order valence-electron chi connectivity index (χ2n) is 8.46. The fourth-order valence-electron chi connectivity index (χ4n) is 3.99. The zero-order valence-electron chi connectivity index (χ0n) is 19.4. The topological polar surface area (TPSA) is 115 Å². The van der Waals surface area contributed by atoms with Gasteiger partial charge in [-0.15, -0.1) is 10.2 Å². The summed E-state index contributed by atoms with van der Waals surface area (Å²) in [6.45, 7) is 0.631. The van der Waals surface area contributed by atoms with E-state index in [2.05, 4.69) is 25.7 Å². The van der Waals surface area contributed by atoms with Gasteiger partial charge in [-0.25, -0.2) is 4.39 Å². The number of tetrazole rings is 1. The first-order valence-corrected chi connectivity index (χ1v) is 11.6. The number of benzene rings is 2. The molecule has 4 aromatic rings. The first-order chi connectivity index (χ1) is 17.5. The molecule has 0 aliphatic carbocycles. The molecule has 0 bridgehead atoms. The van der Waals surface area contributed by atoms with E-state index in [0.717, 1.165) is 28.5 Å². The molecule has 1 atom stereocenters. The zero-order valence-corrected chi connectivity index (χ0v) is 19.4. The Morgan fingerprint density at radius 3 is 2.81 bits per heavy atom. The Kier molecular flexibility index (Phi) is 6.89. The van der Waals surface area contributed by atoms with Gasteiger partial charge in [0.15, 0.2) is 0 Å². The molecular formula is C25H24FN7O3. The summed E-state index contributed by atoms with van der Waals surface area (Å²) < 4.78 is 18.8. The summed E-state index contributed by atoms with van der Waals surface area (Å²) in [6.07, 6.45) is 3.42. The van der Waals surface area contributed by atoms with Crippen LogP contribution in [-0.4, -0.2) is 62.8 Å². The highest BCUT2D eigenvalue weighted by atomic mass is 19.1. The minimum absolute atomic E-state index is 0.00957. The lowest BCUT2D eigenvalue weighted by Gasteiger charge is -2.22. The van der Waals surface area contributed by atoms with Crippen LogP contribution in [0.2, 0.25) is 0 Å². The zero-order chi connectivity index (χ0) is 24.9. The molecule has 11 heteroatoms. The number of carbonyl (C=O) groups excluding carboxylic acids is 2. The average Bonchev–Trinajstić information content (AvgIpc) is 3.59. The fraction of sp³-hybridized carbons (Fsp3) is 0.280. The number of ether oxygens (including phenoxy) is 1. The van der Waals surface area contributed by atoms with Gasteiger partial charge in [-0.2, -0.15) is 4.80 Å². The molecule has 3 heterocycles. The van der Waals surface area contributed by atoms with Gasteiger partial charge in [-0.3, -0.25) is 19.5 Å². The van der Waals surface area contributed by atoms with Crippen LogP contribution in [0.1, 0.15) is 12.8 Å². The highest BCUT2D eigenvalue weighted by Crippen LogP contribution is 2.21. The van der Waals surface area contributed by atoms with Crippen LogP contribution in [0, 0.1) is 5.82 Å². The average molecular weight is 490 g/mol. The predicted molar refractivity (Wildman–Crippen MR) is 129 cm³/mol. The number of amides is 2. The molecule has 5 rings (SSSR count). The fourth-order valence-corrected chi connectivity index (χ4v) is 3.99. The summed E-state index contributed by atoms with van der Waals surface area (Å²) in [5.74, 6) is -0.845. The maximum Gasteiger partial charge on any atom is 0.251 e. The van der Waals surface area contributed by atoms with E-state index < -0.39 is 5.91 Å².